The van der Waals surface area contributed by atoms with E-state index in [1.807, 2.05) is 12.1 Å². The molecular weight excluding hydrogens is 228 g/mol. The van der Waals surface area contributed by atoms with Gasteiger partial charge in [-0.3, -0.25) is 9.88 Å². The first-order valence-corrected chi connectivity index (χ1v) is 6.37. The van der Waals surface area contributed by atoms with E-state index in [0.717, 1.165) is 25.2 Å². The Hall–Kier alpha value is -1.62. The number of hydrogen-bond donors (Lipinski definition) is 2. The maximum absolute atomic E-state index is 8.75. The molecule has 100 valence electrons. The van der Waals surface area contributed by atoms with Crippen LogP contribution in [0.5, 0.6) is 0 Å². The van der Waals surface area contributed by atoms with Crippen LogP contribution in [0.15, 0.2) is 23.5 Å². The Bertz CT molecular complexity index is 392. The Morgan fingerprint density at radius 1 is 1.50 bits per heavy atom. The number of rotatable bonds is 7. The summed E-state index contributed by atoms with van der Waals surface area (Å²) < 4.78 is 0. The lowest BCUT2D eigenvalue weighted by atomic mass is 10.1. The molecule has 1 aromatic rings. The largest absolute Gasteiger partial charge is 0.409 e. The summed E-state index contributed by atoms with van der Waals surface area (Å²) in [6.07, 6.45) is 4.00. The highest BCUT2D eigenvalue weighted by Crippen LogP contribution is 2.10. The zero-order valence-electron chi connectivity index (χ0n) is 11.1. The highest BCUT2D eigenvalue weighted by atomic mass is 16.4. The smallest absolute Gasteiger partial charge is 0.189 e. The van der Waals surface area contributed by atoms with Crippen LogP contribution in [-0.4, -0.2) is 34.0 Å². The molecule has 0 amide bonds. The molecule has 0 saturated heterocycles. The standard InChI is InChI=1S/C13H22N4O/c1-3-5-9-17(4-2)10-11-7-6-8-15-12(11)13(14)16-18/h6-8,18H,3-5,9-10H2,1-2H3,(H2,14,16). The van der Waals surface area contributed by atoms with E-state index >= 15 is 0 Å². The maximum atomic E-state index is 8.75. The molecule has 0 unspecified atom stereocenters. The van der Waals surface area contributed by atoms with Crippen molar-refractivity contribution in [1.82, 2.24) is 9.88 Å². The quantitative estimate of drug-likeness (QED) is 0.335. The highest BCUT2D eigenvalue weighted by molar-refractivity contribution is 5.96. The Morgan fingerprint density at radius 3 is 2.89 bits per heavy atom. The first kappa shape index (κ1) is 14.4. The van der Waals surface area contributed by atoms with Crippen molar-refractivity contribution in [3.8, 4) is 0 Å². The van der Waals surface area contributed by atoms with Gasteiger partial charge in [0.25, 0.3) is 0 Å². The summed E-state index contributed by atoms with van der Waals surface area (Å²) in [5.74, 6) is 0.0668. The summed E-state index contributed by atoms with van der Waals surface area (Å²) in [5.41, 5.74) is 7.19. The minimum Gasteiger partial charge on any atom is -0.409 e. The van der Waals surface area contributed by atoms with Gasteiger partial charge in [-0.15, -0.1) is 0 Å². The highest BCUT2D eigenvalue weighted by Gasteiger charge is 2.11. The Kier molecular flexibility index (Phi) is 6.14. The summed E-state index contributed by atoms with van der Waals surface area (Å²) in [6.45, 7) is 7.12. The number of amidine groups is 1. The molecule has 0 bridgehead atoms. The molecule has 0 spiro atoms. The Labute approximate surface area is 108 Å². The van der Waals surface area contributed by atoms with E-state index in [0.29, 0.717) is 5.69 Å². The summed E-state index contributed by atoms with van der Waals surface area (Å²) >= 11 is 0. The molecule has 0 aromatic carbocycles. The van der Waals surface area contributed by atoms with Gasteiger partial charge in [-0.05, 0) is 31.1 Å². The minimum absolute atomic E-state index is 0.0668. The second-order valence-electron chi connectivity index (χ2n) is 4.22. The predicted molar refractivity (Wildman–Crippen MR) is 72.6 cm³/mol. The second-order valence-corrected chi connectivity index (χ2v) is 4.22. The molecular formula is C13H22N4O. The molecule has 5 nitrogen and oxygen atoms in total. The topological polar surface area (TPSA) is 74.7 Å². The SMILES string of the molecule is CCCCN(CC)Cc1cccnc1C(N)=NO. The van der Waals surface area contributed by atoms with Crippen LogP contribution in [0.25, 0.3) is 0 Å². The van der Waals surface area contributed by atoms with Gasteiger partial charge in [0, 0.05) is 12.7 Å². The van der Waals surface area contributed by atoms with Gasteiger partial charge in [0.2, 0.25) is 0 Å². The third-order valence-electron chi connectivity index (χ3n) is 2.91. The summed E-state index contributed by atoms with van der Waals surface area (Å²) in [4.78, 5) is 6.50. The van der Waals surface area contributed by atoms with Crippen molar-refractivity contribution >= 4 is 5.84 Å². The van der Waals surface area contributed by atoms with Crippen molar-refractivity contribution in [3.63, 3.8) is 0 Å². The molecule has 3 N–H and O–H groups in total. The third-order valence-corrected chi connectivity index (χ3v) is 2.91. The lowest BCUT2D eigenvalue weighted by Gasteiger charge is -2.21. The fourth-order valence-electron chi connectivity index (χ4n) is 1.82. The Morgan fingerprint density at radius 2 is 2.28 bits per heavy atom. The average molecular weight is 250 g/mol. The van der Waals surface area contributed by atoms with Crippen LogP contribution in [0.3, 0.4) is 0 Å². The predicted octanol–water partition coefficient (Wildman–Crippen LogP) is 1.80. The molecule has 1 heterocycles. The van der Waals surface area contributed by atoms with Gasteiger partial charge in [0.05, 0.1) is 0 Å². The van der Waals surface area contributed by atoms with Crippen LogP contribution >= 0.6 is 0 Å². The molecule has 0 aliphatic rings. The lowest BCUT2D eigenvalue weighted by molar-refractivity contribution is 0.274. The van der Waals surface area contributed by atoms with Gasteiger partial charge in [-0.2, -0.15) is 0 Å². The van der Waals surface area contributed by atoms with E-state index in [2.05, 4.69) is 28.9 Å². The fraction of sp³-hybridized carbons (Fsp3) is 0.538. The van der Waals surface area contributed by atoms with Crippen LogP contribution in [0.1, 0.15) is 37.9 Å². The normalized spacial score (nSPS) is 12.1. The second kappa shape index (κ2) is 7.66. The maximum Gasteiger partial charge on any atom is 0.189 e. The number of oxime groups is 1. The molecule has 1 aromatic heterocycles. The molecule has 0 aliphatic carbocycles. The van der Waals surface area contributed by atoms with Crippen LogP contribution in [0.4, 0.5) is 0 Å². The average Bonchev–Trinajstić information content (AvgIpc) is 2.43. The third kappa shape index (κ3) is 4.00. The van der Waals surface area contributed by atoms with E-state index in [4.69, 9.17) is 10.9 Å². The van der Waals surface area contributed by atoms with Crippen LogP contribution < -0.4 is 5.73 Å². The number of aromatic nitrogens is 1. The number of pyridine rings is 1. The molecule has 1 rings (SSSR count). The molecule has 0 fully saturated rings. The first-order chi connectivity index (χ1) is 8.72. The Balaban J connectivity index is 2.82. The summed E-state index contributed by atoms with van der Waals surface area (Å²) in [6, 6.07) is 3.84. The minimum atomic E-state index is 0.0668. The monoisotopic (exact) mass is 250 g/mol. The molecule has 0 saturated carbocycles. The molecule has 0 aliphatic heterocycles. The van der Waals surface area contributed by atoms with E-state index in [1.165, 1.54) is 12.8 Å². The number of nitrogens with two attached hydrogens (primary N) is 1. The zero-order valence-corrected chi connectivity index (χ0v) is 11.1. The van der Waals surface area contributed by atoms with E-state index in [9.17, 15) is 0 Å². The van der Waals surface area contributed by atoms with Gasteiger partial charge < -0.3 is 10.9 Å². The van der Waals surface area contributed by atoms with Crippen molar-refractivity contribution < 1.29 is 5.21 Å². The van der Waals surface area contributed by atoms with Crippen molar-refractivity contribution in [3.05, 3.63) is 29.6 Å². The van der Waals surface area contributed by atoms with Crippen LogP contribution in [0, 0.1) is 0 Å². The van der Waals surface area contributed by atoms with E-state index in [1.54, 1.807) is 6.20 Å². The van der Waals surface area contributed by atoms with Gasteiger partial charge in [0.1, 0.15) is 5.69 Å². The summed E-state index contributed by atoms with van der Waals surface area (Å²) in [7, 11) is 0. The van der Waals surface area contributed by atoms with Gasteiger partial charge >= 0.3 is 0 Å². The molecule has 0 atom stereocenters. The van der Waals surface area contributed by atoms with Crippen molar-refractivity contribution in [2.24, 2.45) is 10.9 Å². The van der Waals surface area contributed by atoms with Crippen molar-refractivity contribution in [2.45, 2.75) is 33.2 Å². The van der Waals surface area contributed by atoms with Crippen molar-refractivity contribution in [1.29, 1.82) is 0 Å². The summed E-state index contributed by atoms with van der Waals surface area (Å²) in [5, 5.41) is 11.8. The zero-order chi connectivity index (χ0) is 13.4. The van der Waals surface area contributed by atoms with Crippen molar-refractivity contribution in [2.75, 3.05) is 13.1 Å². The molecule has 0 radical (unpaired) electrons. The van der Waals surface area contributed by atoms with Crippen LogP contribution in [-0.2, 0) is 6.54 Å². The molecule has 5 heteroatoms. The number of unbranched alkanes of at least 4 members (excludes halogenated alkanes) is 1. The van der Waals surface area contributed by atoms with E-state index < -0.39 is 0 Å². The number of hydrogen-bond acceptors (Lipinski definition) is 4. The number of nitrogens with zero attached hydrogens (tertiary/aromatic N) is 3. The lowest BCUT2D eigenvalue weighted by Crippen LogP contribution is -2.26. The van der Waals surface area contributed by atoms with Gasteiger partial charge in [-0.1, -0.05) is 31.5 Å². The first-order valence-electron chi connectivity index (χ1n) is 6.37. The van der Waals surface area contributed by atoms with Gasteiger partial charge in [-0.25, -0.2) is 0 Å². The molecule has 18 heavy (non-hydrogen) atoms. The van der Waals surface area contributed by atoms with Crippen LogP contribution in [0.2, 0.25) is 0 Å². The van der Waals surface area contributed by atoms with Gasteiger partial charge in [0.15, 0.2) is 5.84 Å². The van der Waals surface area contributed by atoms with E-state index in [-0.39, 0.29) is 5.84 Å². The fourth-order valence-corrected chi connectivity index (χ4v) is 1.82.